The van der Waals surface area contributed by atoms with Gasteiger partial charge in [-0.25, -0.2) is 0 Å². The third kappa shape index (κ3) is 3.40. The molecule has 2 rings (SSSR count). The summed E-state index contributed by atoms with van der Waals surface area (Å²) in [5, 5.41) is 4.28. The summed E-state index contributed by atoms with van der Waals surface area (Å²) in [7, 11) is 0. The van der Waals surface area contributed by atoms with E-state index in [-0.39, 0.29) is 0 Å². The molecular weight excluding hydrogens is 276 g/mol. The Morgan fingerprint density at radius 1 is 1.42 bits per heavy atom. The maximum atomic E-state index is 6.31. The van der Waals surface area contributed by atoms with Crippen LogP contribution < -0.4 is 11.1 Å². The molecule has 1 saturated carbocycles. The molecule has 1 unspecified atom stereocenters. The molecule has 0 heterocycles. The highest BCUT2D eigenvalue weighted by molar-refractivity contribution is 7.80. The first kappa shape index (κ1) is 14.6. The highest BCUT2D eigenvalue weighted by atomic mass is 35.5. The first-order valence-electron chi connectivity index (χ1n) is 6.76. The van der Waals surface area contributed by atoms with Crippen LogP contribution in [0.1, 0.15) is 45.1 Å². The van der Waals surface area contributed by atoms with Gasteiger partial charge in [0, 0.05) is 11.6 Å². The van der Waals surface area contributed by atoms with Gasteiger partial charge in [0.05, 0.1) is 10.7 Å². The minimum Gasteiger partial charge on any atom is -0.389 e. The van der Waals surface area contributed by atoms with Crippen molar-refractivity contribution in [1.82, 2.24) is 0 Å². The zero-order valence-electron chi connectivity index (χ0n) is 11.5. The Hall–Kier alpha value is -0.800. The van der Waals surface area contributed by atoms with E-state index in [0.29, 0.717) is 21.5 Å². The smallest absolute Gasteiger partial charge is 0.104 e. The second kappa shape index (κ2) is 5.68. The third-order valence-electron chi connectivity index (χ3n) is 4.09. The number of halogens is 1. The van der Waals surface area contributed by atoms with Gasteiger partial charge in [0.25, 0.3) is 0 Å². The Morgan fingerprint density at radius 2 is 2.16 bits per heavy atom. The number of nitrogens with two attached hydrogens (primary N) is 1. The normalized spacial score (nSPS) is 21.9. The molecule has 1 fully saturated rings. The van der Waals surface area contributed by atoms with Crippen molar-refractivity contribution >= 4 is 34.5 Å². The number of hydrogen-bond donors (Lipinski definition) is 2. The minimum absolute atomic E-state index is 0.309. The summed E-state index contributed by atoms with van der Waals surface area (Å²) in [5.41, 5.74) is 7.71. The number of benzene rings is 1. The van der Waals surface area contributed by atoms with E-state index in [0.717, 1.165) is 11.3 Å². The molecule has 1 aromatic carbocycles. The largest absolute Gasteiger partial charge is 0.389 e. The summed E-state index contributed by atoms with van der Waals surface area (Å²) in [6.45, 7) is 4.64. The van der Waals surface area contributed by atoms with Crippen LogP contribution in [-0.4, -0.2) is 11.0 Å². The molecule has 4 heteroatoms. The summed E-state index contributed by atoms with van der Waals surface area (Å²) in [4.78, 5) is 0.381. The van der Waals surface area contributed by atoms with Gasteiger partial charge in [-0.3, -0.25) is 0 Å². The zero-order valence-corrected chi connectivity index (χ0v) is 13.1. The molecule has 0 saturated heterocycles. The monoisotopic (exact) mass is 296 g/mol. The van der Waals surface area contributed by atoms with E-state index >= 15 is 0 Å². The van der Waals surface area contributed by atoms with Crippen molar-refractivity contribution in [2.45, 2.75) is 45.6 Å². The van der Waals surface area contributed by atoms with Crippen molar-refractivity contribution in [2.75, 3.05) is 5.32 Å². The SMILES string of the molecule is CC1(C)CCCCC1Nc1ccc(C(N)=S)cc1Cl. The zero-order chi connectivity index (χ0) is 14.0. The van der Waals surface area contributed by atoms with Gasteiger partial charge in [0.15, 0.2) is 0 Å². The first-order valence-corrected chi connectivity index (χ1v) is 7.55. The molecule has 0 aromatic heterocycles. The maximum absolute atomic E-state index is 6.31. The number of rotatable bonds is 3. The van der Waals surface area contributed by atoms with Gasteiger partial charge in [0.1, 0.15) is 4.99 Å². The van der Waals surface area contributed by atoms with Crippen LogP contribution in [-0.2, 0) is 0 Å². The quantitative estimate of drug-likeness (QED) is 0.814. The van der Waals surface area contributed by atoms with Crippen molar-refractivity contribution in [3.05, 3.63) is 28.8 Å². The molecule has 3 N–H and O–H groups in total. The molecule has 1 aliphatic carbocycles. The summed E-state index contributed by atoms with van der Waals surface area (Å²) >= 11 is 11.3. The second-order valence-corrected chi connectivity index (χ2v) is 6.84. The van der Waals surface area contributed by atoms with Gasteiger partial charge in [0.2, 0.25) is 0 Å². The molecule has 0 radical (unpaired) electrons. The fourth-order valence-electron chi connectivity index (χ4n) is 2.73. The Balaban J connectivity index is 2.17. The fourth-order valence-corrected chi connectivity index (χ4v) is 3.10. The van der Waals surface area contributed by atoms with Crippen molar-refractivity contribution in [1.29, 1.82) is 0 Å². The second-order valence-electron chi connectivity index (χ2n) is 5.99. The summed E-state index contributed by atoms with van der Waals surface area (Å²) in [6, 6.07) is 6.20. The number of nitrogens with one attached hydrogen (secondary N) is 1. The lowest BCUT2D eigenvalue weighted by molar-refractivity contribution is 0.217. The van der Waals surface area contributed by atoms with Crippen LogP contribution in [0.4, 0.5) is 5.69 Å². The topological polar surface area (TPSA) is 38.0 Å². The molecule has 1 aliphatic rings. The molecule has 0 bridgehead atoms. The first-order chi connectivity index (χ1) is 8.90. The molecule has 0 amide bonds. The van der Waals surface area contributed by atoms with Crippen LogP contribution in [0.2, 0.25) is 5.02 Å². The molecule has 104 valence electrons. The van der Waals surface area contributed by atoms with E-state index in [9.17, 15) is 0 Å². The highest BCUT2D eigenvalue weighted by Gasteiger charge is 2.32. The molecule has 1 atom stereocenters. The average Bonchev–Trinajstić information content (AvgIpc) is 2.33. The summed E-state index contributed by atoms with van der Waals surface area (Å²) in [5.74, 6) is 0. The minimum atomic E-state index is 0.309. The molecule has 2 nitrogen and oxygen atoms in total. The lowest BCUT2D eigenvalue weighted by atomic mass is 9.73. The van der Waals surface area contributed by atoms with Crippen LogP contribution in [0.15, 0.2) is 18.2 Å². The van der Waals surface area contributed by atoms with Gasteiger partial charge in [-0.1, -0.05) is 50.5 Å². The van der Waals surface area contributed by atoms with E-state index in [1.807, 2.05) is 18.2 Å². The predicted molar refractivity (Wildman–Crippen MR) is 87.0 cm³/mol. The van der Waals surface area contributed by atoms with Gasteiger partial charge < -0.3 is 11.1 Å². The van der Waals surface area contributed by atoms with Gasteiger partial charge in [-0.2, -0.15) is 0 Å². The maximum Gasteiger partial charge on any atom is 0.104 e. The Labute approximate surface area is 125 Å². The van der Waals surface area contributed by atoms with E-state index < -0.39 is 0 Å². The van der Waals surface area contributed by atoms with Crippen LogP contribution in [0, 0.1) is 5.41 Å². The summed E-state index contributed by atoms with van der Waals surface area (Å²) < 4.78 is 0. The van der Waals surface area contributed by atoms with Crippen molar-refractivity contribution < 1.29 is 0 Å². The molecule has 1 aromatic rings. The van der Waals surface area contributed by atoms with Gasteiger partial charge in [-0.05, 0) is 36.5 Å². The molecule has 19 heavy (non-hydrogen) atoms. The predicted octanol–water partition coefficient (Wildman–Crippen LogP) is 4.35. The van der Waals surface area contributed by atoms with Crippen molar-refractivity contribution in [3.8, 4) is 0 Å². The summed E-state index contributed by atoms with van der Waals surface area (Å²) in [6.07, 6.45) is 5.05. The number of anilines is 1. The lowest BCUT2D eigenvalue weighted by Crippen LogP contribution is -2.39. The van der Waals surface area contributed by atoms with Crippen molar-refractivity contribution in [2.24, 2.45) is 11.1 Å². The lowest BCUT2D eigenvalue weighted by Gasteiger charge is -2.39. The highest BCUT2D eigenvalue weighted by Crippen LogP contribution is 2.38. The Kier molecular flexibility index (Phi) is 4.36. The van der Waals surface area contributed by atoms with Gasteiger partial charge in [-0.15, -0.1) is 0 Å². The van der Waals surface area contributed by atoms with Crippen LogP contribution in [0.3, 0.4) is 0 Å². The Bertz CT molecular complexity index is 485. The number of thiocarbonyl (C=S) groups is 1. The Morgan fingerprint density at radius 3 is 2.74 bits per heavy atom. The van der Waals surface area contributed by atoms with E-state index in [4.69, 9.17) is 29.6 Å². The van der Waals surface area contributed by atoms with E-state index in [1.165, 1.54) is 25.7 Å². The molecule has 0 aliphatic heterocycles. The molecule has 0 spiro atoms. The van der Waals surface area contributed by atoms with Crippen LogP contribution in [0.25, 0.3) is 0 Å². The van der Waals surface area contributed by atoms with Crippen LogP contribution in [0.5, 0.6) is 0 Å². The number of hydrogen-bond acceptors (Lipinski definition) is 2. The molecular formula is C15H21ClN2S. The average molecular weight is 297 g/mol. The fraction of sp³-hybridized carbons (Fsp3) is 0.533. The van der Waals surface area contributed by atoms with Crippen LogP contribution >= 0.6 is 23.8 Å². The van der Waals surface area contributed by atoms with E-state index in [2.05, 4.69) is 19.2 Å². The third-order valence-corrected chi connectivity index (χ3v) is 4.64. The van der Waals surface area contributed by atoms with Crippen molar-refractivity contribution in [3.63, 3.8) is 0 Å². The standard InChI is InChI=1S/C15H21ClN2S/c1-15(2)8-4-3-5-13(15)18-12-7-6-10(14(17)19)9-11(12)16/h6-7,9,13,18H,3-5,8H2,1-2H3,(H2,17,19). The van der Waals surface area contributed by atoms with E-state index in [1.54, 1.807) is 0 Å². The van der Waals surface area contributed by atoms with Gasteiger partial charge >= 0.3 is 0 Å².